The Morgan fingerprint density at radius 2 is 1.06 bits per heavy atom. The maximum atomic E-state index is 5.45. The van der Waals surface area contributed by atoms with Gasteiger partial charge in [-0.05, 0) is 38.3 Å². The minimum Gasteiger partial charge on any atom is -0.398 e. The zero-order valence-corrected chi connectivity index (χ0v) is 22.3. The number of hydrogen-bond acceptors (Lipinski definition) is 9. The lowest BCUT2D eigenvalue weighted by molar-refractivity contribution is 0.107. The van der Waals surface area contributed by atoms with Crippen molar-refractivity contribution in [3.05, 3.63) is 0 Å². The van der Waals surface area contributed by atoms with Gasteiger partial charge in [0.25, 0.3) is 0 Å². The van der Waals surface area contributed by atoms with E-state index in [4.69, 9.17) is 41.1 Å². The Bertz CT molecular complexity index is 421. The highest BCUT2D eigenvalue weighted by atomic mass is 28.4. The van der Waals surface area contributed by atoms with Gasteiger partial charge in [-0.15, -0.1) is 0 Å². The van der Waals surface area contributed by atoms with E-state index in [-0.39, 0.29) is 0 Å². The monoisotopic (exact) mass is 484 g/mol. The predicted molar refractivity (Wildman–Crippen MR) is 122 cm³/mol. The van der Waals surface area contributed by atoms with Crippen LogP contribution >= 0.6 is 0 Å². The molecule has 2 saturated heterocycles. The maximum absolute atomic E-state index is 5.45. The Kier molecular flexibility index (Phi) is 15.6. The summed E-state index contributed by atoms with van der Waals surface area (Å²) in [5, 5.41) is 0. The molecule has 2 rings (SSSR count). The van der Waals surface area contributed by atoms with Crippen molar-refractivity contribution in [2.75, 3.05) is 75.2 Å². The first-order valence-electron chi connectivity index (χ1n) is 11.1. The number of epoxide rings is 2. The van der Waals surface area contributed by atoms with E-state index in [2.05, 4.69) is 6.55 Å². The van der Waals surface area contributed by atoms with Crippen LogP contribution in [0.25, 0.3) is 0 Å². The van der Waals surface area contributed by atoms with E-state index in [9.17, 15) is 0 Å². The third-order valence-corrected chi connectivity index (χ3v) is 11.2. The summed E-state index contributed by atoms with van der Waals surface area (Å²) >= 11 is 0. The largest absolute Gasteiger partial charge is 0.500 e. The molecule has 0 spiro atoms. The predicted octanol–water partition coefficient (Wildman–Crippen LogP) is 2.61. The number of rotatable bonds is 19. The topological polar surface area (TPSA) is 89.7 Å². The third-order valence-electron chi connectivity index (χ3n) is 5.40. The van der Waals surface area contributed by atoms with Crippen LogP contribution in [0, 0.1) is 0 Å². The van der Waals surface area contributed by atoms with Gasteiger partial charge in [-0.25, -0.2) is 0 Å². The average Bonchev–Trinajstić information content (AvgIpc) is 3.72. The van der Waals surface area contributed by atoms with E-state index in [1.807, 2.05) is 0 Å². The van der Waals surface area contributed by atoms with Gasteiger partial charge in [-0.1, -0.05) is 0 Å². The smallest absolute Gasteiger partial charge is 0.398 e. The second-order valence-corrected chi connectivity index (χ2v) is 14.5. The van der Waals surface area contributed by atoms with E-state index >= 15 is 0 Å². The van der Waals surface area contributed by atoms with Crippen LogP contribution in [0.5, 0.6) is 0 Å². The van der Waals surface area contributed by atoms with Gasteiger partial charge in [0.05, 0.1) is 26.4 Å². The van der Waals surface area contributed by atoms with Crippen molar-refractivity contribution in [1.82, 2.24) is 0 Å². The van der Waals surface area contributed by atoms with Gasteiger partial charge < -0.3 is 41.1 Å². The Balaban J connectivity index is 0.000000311. The molecule has 0 bridgehead atoms. The molecule has 2 aliphatic rings. The number of ether oxygens (including phenoxy) is 4. The van der Waals surface area contributed by atoms with E-state index in [1.54, 1.807) is 35.5 Å². The fourth-order valence-electron chi connectivity index (χ4n) is 2.80. The number of unbranched alkanes of at least 4 members (excludes halogenated alkanes) is 2. The Morgan fingerprint density at radius 1 is 0.645 bits per heavy atom. The molecule has 0 radical (unpaired) electrons. The average molecular weight is 485 g/mol. The normalized spacial score (nSPS) is 20.3. The van der Waals surface area contributed by atoms with Crippen molar-refractivity contribution in [3.8, 4) is 0 Å². The minimum absolute atomic E-state index is 0.352. The van der Waals surface area contributed by atoms with E-state index < -0.39 is 17.4 Å². The lowest BCUT2D eigenvalue weighted by atomic mass is 10.3. The van der Waals surface area contributed by atoms with E-state index in [0.29, 0.717) is 12.2 Å². The minimum atomic E-state index is -2.37. The fraction of sp³-hybridized carbons (Fsp3) is 1.00. The zero-order valence-electron chi connectivity index (χ0n) is 20.3. The Labute approximate surface area is 190 Å². The van der Waals surface area contributed by atoms with Gasteiger partial charge in [0.1, 0.15) is 12.2 Å². The lowest BCUT2D eigenvalue weighted by Crippen LogP contribution is -2.42. The van der Waals surface area contributed by atoms with Crippen LogP contribution in [0.2, 0.25) is 18.6 Å². The van der Waals surface area contributed by atoms with E-state index in [1.165, 1.54) is 0 Å². The first-order chi connectivity index (χ1) is 15.0. The van der Waals surface area contributed by atoms with Crippen LogP contribution in [0.3, 0.4) is 0 Å². The highest BCUT2D eigenvalue weighted by molar-refractivity contribution is 6.65. The summed E-state index contributed by atoms with van der Waals surface area (Å²) in [6.07, 6.45) is 4.90. The van der Waals surface area contributed by atoms with Crippen molar-refractivity contribution in [1.29, 1.82) is 0 Å². The summed E-state index contributed by atoms with van der Waals surface area (Å²) in [5.74, 6) is 0. The van der Waals surface area contributed by atoms with Crippen molar-refractivity contribution < 1.29 is 41.1 Å². The van der Waals surface area contributed by atoms with Crippen LogP contribution in [-0.4, -0.2) is 105 Å². The van der Waals surface area contributed by atoms with Crippen molar-refractivity contribution in [3.63, 3.8) is 0 Å². The fourth-order valence-corrected chi connectivity index (χ4v) is 6.06. The third kappa shape index (κ3) is 14.0. The standard InChI is InChI=1S/C10H22O5Si.C10H22O4Si/c1-11-16(12-2,13-3)7-5-4-6-14-8-10-9-15-10;1-11-15(3,12-2)7-5-4-6-13-8-10-9-14-10/h10H,4-9H2,1-3H3;10H,4-9H2,1-3H3. The van der Waals surface area contributed by atoms with Crippen LogP contribution in [0.15, 0.2) is 0 Å². The first-order valence-corrected chi connectivity index (χ1v) is 15.6. The van der Waals surface area contributed by atoms with Gasteiger partial charge in [-0.3, -0.25) is 0 Å². The molecule has 2 aliphatic heterocycles. The molecule has 186 valence electrons. The Hall–Kier alpha value is 0.0738. The molecule has 0 aromatic heterocycles. The highest BCUT2D eigenvalue weighted by Crippen LogP contribution is 2.17. The van der Waals surface area contributed by atoms with Gasteiger partial charge in [0, 0.05) is 54.8 Å². The molecule has 0 N–H and O–H groups in total. The van der Waals surface area contributed by atoms with Crippen LogP contribution < -0.4 is 0 Å². The molecular weight excluding hydrogens is 440 g/mol. The molecule has 0 aliphatic carbocycles. The van der Waals surface area contributed by atoms with Gasteiger partial charge in [0.15, 0.2) is 0 Å². The summed E-state index contributed by atoms with van der Waals surface area (Å²) in [6, 6.07) is 1.86. The molecular formula is C20H44O9Si2. The quantitative estimate of drug-likeness (QED) is 0.156. The van der Waals surface area contributed by atoms with Crippen molar-refractivity contribution in [2.24, 2.45) is 0 Å². The van der Waals surface area contributed by atoms with Crippen molar-refractivity contribution in [2.45, 2.75) is 56.5 Å². The lowest BCUT2D eigenvalue weighted by Gasteiger charge is -2.24. The molecule has 0 aromatic carbocycles. The van der Waals surface area contributed by atoms with Gasteiger partial charge >= 0.3 is 17.4 Å². The summed E-state index contributed by atoms with van der Waals surface area (Å²) in [7, 11) is 4.17. The summed E-state index contributed by atoms with van der Waals surface area (Å²) in [4.78, 5) is 0. The number of hydrogen-bond donors (Lipinski definition) is 0. The second-order valence-electron chi connectivity index (χ2n) is 7.81. The zero-order chi connectivity index (χ0) is 23.0. The molecule has 2 unspecified atom stereocenters. The molecule has 0 aromatic rings. The molecule has 11 heteroatoms. The molecule has 0 saturated carbocycles. The molecule has 9 nitrogen and oxygen atoms in total. The SMILES string of the molecule is CO[Si](C)(CCCCOCC1CO1)OC.CO[Si](CCCCOCC1CO1)(OC)OC. The Morgan fingerprint density at radius 3 is 1.42 bits per heavy atom. The maximum Gasteiger partial charge on any atom is 0.500 e. The van der Waals surface area contributed by atoms with E-state index in [0.717, 1.165) is 77.4 Å². The van der Waals surface area contributed by atoms with Gasteiger partial charge in [0.2, 0.25) is 0 Å². The molecule has 2 heterocycles. The first kappa shape index (κ1) is 29.1. The van der Waals surface area contributed by atoms with Crippen LogP contribution in [0.4, 0.5) is 0 Å². The molecule has 31 heavy (non-hydrogen) atoms. The van der Waals surface area contributed by atoms with Crippen molar-refractivity contribution >= 4 is 17.4 Å². The molecule has 0 amide bonds. The summed E-state index contributed by atoms with van der Waals surface area (Å²) in [6.45, 7) is 6.88. The highest BCUT2D eigenvalue weighted by Gasteiger charge is 2.36. The molecule has 2 fully saturated rings. The summed E-state index contributed by atoms with van der Waals surface area (Å²) in [5.41, 5.74) is 0. The van der Waals surface area contributed by atoms with Crippen LogP contribution in [0.1, 0.15) is 25.7 Å². The summed E-state index contributed by atoms with van der Waals surface area (Å²) < 4.78 is 47.7. The molecule has 2 atom stereocenters. The second kappa shape index (κ2) is 16.7. The van der Waals surface area contributed by atoms with Crippen LogP contribution in [-0.2, 0) is 41.1 Å². The van der Waals surface area contributed by atoms with Gasteiger partial charge in [-0.2, -0.15) is 0 Å².